The minimum atomic E-state index is 0.348. The smallest absolute Gasteiger partial charge is 0.188 e. The van der Waals surface area contributed by atoms with Crippen LogP contribution in [0.2, 0.25) is 0 Å². The molecule has 1 aromatic carbocycles. The van der Waals surface area contributed by atoms with Crippen molar-refractivity contribution < 1.29 is 0 Å². The van der Waals surface area contributed by atoms with E-state index < -0.39 is 0 Å². The summed E-state index contributed by atoms with van der Waals surface area (Å²) in [5, 5.41) is 3.23. The zero-order valence-corrected chi connectivity index (χ0v) is 11.7. The lowest BCUT2D eigenvalue weighted by Crippen LogP contribution is -2.38. The molecule has 0 spiro atoms. The number of nitrogens with zero attached hydrogens (tertiary/aromatic N) is 1. The molecule has 100 valence electrons. The Hall–Kier alpha value is -1.51. The average molecular weight is 247 g/mol. The Balaban J connectivity index is 2.29. The summed E-state index contributed by atoms with van der Waals surface area (Å²) >= 11 is 0. The molecule has 0 aliphatic rings. The number of nitrogens with one attached hydrogen (secondary N) is 1. The van der Waals surface area contributed by atoms with E-state index in [-0.39, 0.29) is 0 Å². The van der Waals surface area contributed by atoms with Crippen LogP contribution < -0.4 is 11.1 Å². The Morgan fingerprint density at radius 3 is 2.50 bits per heavy atom. The fourth-order valence-corrected chi connectivity index (χ4v) is 1.68. The molecule has 1 aromatic rings. The van der Waals surface area contributed by atoms with Gasteiger partial charge in [0, 0.05) is 12.6 Å². The van der Waals surface area contributed by atoms with Crippen LogP contribution in [0.1, 0.15) is 32.8 Å². The van der Waals surface area contributed by atoms with Gasteiger partial charge in [0.1, 0.15) is 0 Å². The lowest BCUT2D eigenvalue weighted by Gasteiger charge is -2.14. The molecule has 1 rings (SSSR count). The molecule has 0 fully saturated rings. The minimum absolute atomic E-state index is 0.348. The van der Waals surface area contributed by atoms with Crippen molar-refractivity contribution in [3.05, 3.63) is 35.9 Å². The highest BCUT2D eigenvalue weighted by atomic mass is 15.1. The molecular formula is C15H25N3. The lowest BCUT2D eigenvalue weighted by atomic mass is 10.1. The second-order valence-electron chi connectivity index (χ2n) is 5.19. The summed E-state index contributed by atoms with van der Waals surface area (Å²) in [6.07, 6.45) is 2.12. The van der Waals surface area contributed by atoms with Crippen molar-refractivity contribution in [2.75, 3.05) is 6.54 Å². The highest BCUT2D eigenvalue weighted by Gasteiger charge is 2.03. The lowest BCUT2D eigenvalue weighted by molar-refractivity contribution is 0.597. The van der Waals surface area contributed by atoms with Gasteiger partial charge in [-0.3, -0.25) is 4.99 Å². The van der Waals surface area contributed by atoms with Crippen molar-refractivity contribution in [1.82, 2.24) is 5.32 Å². The largest absolute Gasteiger partial charge is 0.370 e. The third-order valence-electron chi connectivity index (χ3n) is 2.73. The summed E-state index contributed by atoms with van der Waals surface area (Å²) in [7, 11) is 0. The maximum absolute atomic E-state index is 5.83. The molecule has 0 saturated carbocycles. The van der Waals surface area contributed by atoms with Gasteiger partial charge in [0.2, 0.25) is 0 Å². The van der Waals surface area contributed by atoms with Gasteiger partial charge >= 0.3 is 0 Å². The number of rotatable bonds is 6. The number of hydrogen-bond acceptors (Lipinski definition) is 1. The number of nitrogens with two attached hydrogens (primary N) is 1. The first-order chi connectivity index (χ1) is 8.58. The van der Waals surface area contributed by atoms with Crippen molar-refractivity contribution in [2.45, 2.75) is 39.7 Å². The van der Waals surface area contributed by atoms with E-state index in [2.05, 4.69) is 55.3 Å². The molecule has 1 unspecified atom stereocenters. The SMILES string of the molecule is CC(C)CN=C(N)NC(C)CCc1ccccc1. The quantitative estimate of drug-likeness (QED) is 0.599. The fraction of sp³-hybridized carbons (Fsp3) is 0.533. The van der Waals surface area contributed by atoms with Crippen molar-refractivity contribution in [2.24, 2.45) is 16.6 Å². The number of aryl methyl sites for hydroxylation is 1. The van der Waals surface area contributed by atoms with Gasteiger partial charge in [0.25, 0.3) is 0 Å². The van der Waals surface area contributed by atoms with Crippen molar-refractivity contribution in [1.29, 1.82) is 0 Å². The average Bonchev–Trinajstić information content (AvgIpc) is 2.35. The van der Waals surface area contributed by atoms with Crippen molar-refractivity contribution in [3.63, 3.8) is 0 Å². The Bertz CT molecular complexity index is 357. The molecule has 3 nitrogen and oxygen atoms in total. The summed E-state index contributed by atoms with van der Waals surface area (Å²) in [5.41, 5.74) is 7.20. The molecule has 1 atom stereocenters. The second kappa shape index (κ2) is 7.75. The van der Waals surface area contributed by atoms with Crippen LogP contribution in [0.25, 0.3) is 0 Å². The topological polar surface area (TPSA) is 50.4 Å². The monoisotopic (exact) mass is 247 g/mol. The van der Waals surface area contributed by atoms with E-state index in [1.807, 2.05) is 6.07 Å². The molecule has 0 aliphatic heterocycles. The summed E-state index contributed by atoms with van der Waals surface area (Å²) < 4.78 is 0. The zero-order chi connectivity index (χ0) is 13.4. The Kier molecular flexibility index (Phi) is 6.26. The molecule has 0 aliphatic carbocycles. The van der Waals surface area contributed by atoms with Crippen molar-refractivity contribution >= 4 is 5.96 Å². The molecule has 0 heterocycles. The second-order valence-corrected chi connectivity index (χ2v) is 5.19. The Morgan fingerprint density at radius 2 is 1.89 bits per heavy atom. The number of benzene rings is 1. The predicted molar refractivity (Wildman–Crippen MR) is 78.7 cm³/mol. The van der Waals surface area contributed by atoms with Gasteiger partial charge in [0.15, 0.2) is 5.96 Å². The number of hydrogen-bond donors (Lipinski definition) is 2. The third kappa shape index (κ3) is 6.28. The number of guanidine groups is 1. The van der Waals surface area contributed by atoms with Gasteiger partial charge in [-0.05, 0) is 31.2 Å². The summed E-state index contributed by atoms with van der Waals surface area (Å²) in [6.45, 7) is 7.19. The van der Waals surface area contributed by atoms with Gasteiger partial charge in [-0.1, -0.05) is 44.2 Å². The summed E-state index contributed by atoms with van der Waals surface area (Å²) in [6, 6.07) is 10.9. The molecule has 3 heteroatoms. The van der Waals surface area contributed by atoms with E-state index in [4.69, 9.17) is 5.73 Å². The maximum Gasteiger partial charge on any atom is 0.188 e. The van der Waals surface area contributed by atoms with Gasteiger partial charge in [-0.15, -0.1) is 0 Å². The van der Waals surface area contributed by atoms with Crippen LogP contribution in [0.4, 0.5) is 0 Å². The maximum atomic E-state index is 5.83. The van der Waals surface area contributed by atoms with Gasteiger partial charge in [-0.2, -0.15) is 0 Å². The van der Waals surface area contributed by atoms with E-state index in [1.54, 1.807) is 0 Å². The van der Waals surface area contributed by atoms with Crippen LogP contribution in [-0.4, -0.2) is 18.5 Å². The van der Waals surface area contributed by atoms with Crippen LogP contribution in [0.15, 0.2) is 35.3 Å². The number of aliphatic imine (C=N–C) groups is 1. The van der Waals surface area contributed by atoms with Crippen LogP contribution in [0, 0.1) is 5.92 Å². The first-order valence-electron chi connectivity index (χ1n) is 6.68. The zero-order valence-electron chi connectivity index (χ0n) is 11.7. The van der Waals surface area contributed by atoms with E-state index in [9.17, 15) is 0 Å². The molecule has 0 radical (unpaired) electrons. The Morgan fingerprint density at radius 1 is 1.22 bits per heavy atom. The minimum Gasteiger partial charge on any atom is -0.370 e. The van der Waals surface area contributed by atoms with Crippen molar-refractivity contribution in [3.8, 4) is 0 Å². The first kappa shape index (κ1) is 14.6. The van der Waals surface area contributed by atoms with Gasteiger partial charge < -0.3 is 11.1 Å². The highest BCUT2D eigenvalue weighted by molar-refractivity contribution is 5.78. The van der Waals surface area contributed by atoms with E-state index in [0.29, 0.717) is 17.9 Å². The van der Waals surface area contributed by atoms with Gasteiger partial charge in [-0.25, -0.2) is 0 Å². The summed E-state index contributed by atoms with van der Waals surface area (Å²) in [4.78, 5) is 4.30. The van der Waals surface area contributed by atoms with Crippen LogP contribution in [0.3, 0.4) is 0 Å². The standard InChI is InChI=1S/C15H25N3/c1-12(2)11-17-15(16)18-13(3)9-10-14-7-5-4-6-8-14/h4-8,12-13H,9-11H2,1-3H3,(H3,16,17,18). The molecule has 0 aromatic heterocycles. The van der Waals surface area contributed by atoms with Crippen LogP contribution in [0.5, 0.6) is 0 Å². The fourth-order valence-electron chi connectivity index (χ4n) is 1.68. The van der Waals surface area contributed by atoms with E-state index >= 15 is 0 Å². The predicted octanol–water partition coefficient (Wildman–Crippen LogP) is 2.57. The normalized spacial score (nSPS) is 13.7. The summed E-state index contributed by atoms with van der Waals surface area (Å²) in [5.74, 6) is 1.11. The van der Waals surface area contributed by atoms with Gasteiger partial charge in [0.05, 0.1) is 0 Å². The highest BCUT2D eigenvalue weighted by Crippen LogP contribution is 2.04. The Labute approximate surface area is 111 Å². The van der Waals surface area contributed by atoms with E-state index in [0.717, 1.165) is 19.4 Å². The third-order valence-corrected chi connectivity index (χ3v) is 2.73. The first-order valence-corrected chi connectivity index (χ1v) is 6.68. The molecule has 0 bridgehead atoms. The molecule has 18 heavy (non-hydrogen) atoms. The molecule has 3 N–H and O–H groups in total. The molecule has 0 amide bonds. The molecule has 0 saturated heterocycles. The molecular weight excluding hydrogens is 222 g/mol. The van der Waals surface area contributed by atoms with Crippen LogP contribution in [-0.2, 0) is 6.42 Å². The van der Waals surface area contributed by atoms with Crippen LogP contribution >= 0.6 is 0 Å². The van der Waals surface area contributed by atoms with E-state index in [1.165, 1.54) is 5.56 Å².